The molecule has 0 spiro atoms. The van der Waals surface area contributed by atoms with Gasteiger partial charge < -0.3 is 15.1 Å². The molecule has 0 aromatic rings. The van der Waals surface area contributed by atoms with Gasteiger partial charge >= 0.3 is 0 Å². The first-order valence-corrected chi connectivity index (χ1v) is 7.49. The fraction of sp³-hybridized carbons (Fsp3) is 1.00. The molecule has 110 valence electrons. The maximum atomic E-state index is 3.51. The molecule has 0 saturated carbocycles. The SMILES string of the molecule is CC(C)CNCCCC(C)N(C)CCCN(C)C. The van der Waals surface area contributed by atoms with E-state index in [1.54, 1.807) is 0 Å². The number of hydrogen-bond donors (Lipinski definition) is 1. The van der Waals surface area contributed by atoms with Gasteiger partial charge in [0.05, 0.1) is 0 Å². The van der Waals surface area contributed by atoms with Crippen LogP contribution in [0.25, 0.3) is 0 Å². The van der Waals surface area contributed by atoms with E-state index in [1.165, 1.54) is 32.4 Å². The molecule has 0 aromatic heterocycles. The van der Waals surface area contributed by atoms with Crippen LogP contribution in [-0.4, -0.2) is 63.2 Å². The minimum atomic E-state index is 0.702. The Morgan fingerprint density at radius 2 is 1.61 bits per heavy atom. The molecule has 0 rings (SSSR count). The van der Waals surface area contributed by atoms with Crippen LogP contribution < -0.4 is 5.32 Å². The fourth-order valence-electron chi connectivity index (χ4n) is 1.99. The standard InChI is InChI=1S/C15H35N3/c1-14(2)13-16-10-7-9-15(3)18(6)12-8-11-17(4)5/h14-16H,7-13H2,1-6H3. The number of rotatable bonds is 11. The van der Waals surface area contributed by atoms with Crippen LogP contribution in [0.1, 0.15) is 40.0 Å². The largest absolute Gasteiger partial charge is 0.316 e. The van der Waals surface area contributed by atoms with E-state index in [0.717, 1.165) is 19.0 Å². The van der Waals surface area contributed by atoms with E-state index in [4.69, 9.17) is 0 Å². The van der Waals surface area contributed by atoms with Gasteiger partial charge in [-0.1, -0.05) is 13.8 Å². The Hall–Kier alpha value is -0.120. The van der Waals surface area contributed by atoms with Gasteiger partial charge in [-0.05, 0) is 79.4 Å². The van der Waals surface area contributed by atoms with Crippen molar-refractivity contribution < 1.29 is 0 Å². The molecule has 0 aromatic carbocycles. The topological polar surface area (TPSA) is 18.5 Å². The minimum absolute atomic E-state index is 0.702. The van der Waals surface area contributed by atoms with Gasteiger partial charge in [0, 0.05) is 6.04 Å². The molecule has 1 atom stereocenters. The summed E-state index contributed by atoms with van der Waals surface area (Å²) in [5.74, 6) is 0.760. The van der Waals surface area contributed by atoms with Crippen molar-refractivity contribution in [3.8, 4) is 0 Å². The lowest BCUT2D eigenvalue weighted by Gasteiger charge is -2.25. The molecular formula is C15H35N3. The maximum Gasteiger partial charge on any atom is 0.00643 e. The van der Waals surface area contributed by atoms with Gasteiger partial charge in [0.15, 0.2) is 0 Å². The van der Waals surface area contributed by atoms with Crippen molar-refractivity contribution in [1.82, 2.24) is 15.1 Å². The zero-order valence-corrected chi connectivity index (χ0v) is 13.5. The molecule has 0 radical (unpaired) electrons. The fourth-order valence-corrected chi connectivity index (χ4v) is 1.99. The molecule has 0 aliphatic carbocycles. The van der Waals surface area contributed by atoms with Gasteiger partial charge in [0.2, 0.25) is 0 Å². The van der Waals surface area contributed by atoms with Crippen LogP contribution in [0.5, 0.6) is 0 Å². The highest BCUT2D eigenvalue weighted by atomic mass is 15.1. The van der Waals surface area contributed by atoms with Gasteiger partial charge in [-0.25, -0.2) is 0 Å². The normalized spacial score (nSPS) is 13.8. The first-order chi connectivity index (χ1) is 8.43. The molecule has 0 aliphatic rings. The smallest absolute Gasteiger partial charge is 0.00643 e. The van der Waals surface area contributed by atoms with Crippen molar-refractivity contribution >= 4 is 0 Å². The Morgan fingerprint density at radius 1 is 0.944 bits per heavy atom. The van der Waals surface area contributed by atoms with Crippen LogP contribution in [0.3, 0.4) is 0 Å². The summed E-state index contributed by atoms with van der Waals surface area (Å²) in [7, 11) is 6.54. The van der Waals surface area contributed by atoms with Gasteiger partial charge in [-0.2, -0.15) is 0 Å². The summed E-state index contributed by atoms with van der Waals surface area (Å²) >= 11 is 0. The van der Waals surface area contributed by atoms with Gasteiger partial charge in [-0.3, -0.25) is 0 Å². The van der Waals surface area contributed by atoms with Crippen LogP contribution in [0, 0.1) is 5.92 Å². The molecular weight excluding hydrogens is 222 g/mol. The molecule has 1 unspecified atom stereocenters. The zero-order valence-electron chi connectivity index (χ0n) is 13.5. The highest BCUT2D eigenvalue weighted by molar-refractivity contribution is 4.65. The van der Waals surface area contributed by atoms with Crippen LogP contribution in [0.2, 0.25) is 0 Å². The average molecular weight is 257 g/mol. The van der Waals surface area contributed by atoms with Crippen LogP contribution >= 0.6 is 0 Å². The highest BCUT2D eigenvalue weighted by Gasteiger charge is 2.08. The van der Waals surface area contributed by atoms with Crippen molar-refractivity contribution in [3.05, 3.63) is 0 Å². The molecule has 0 amide bonds. The van der Waals surface area contributed by atoms with Crippen LogP contribution in [0.15, 0.2) is 0 Å². The number of nitrogens with zero attached hydrogens (tertiary/aromatic N) is 2. The quantitative estimate of drug-likeness (QED) is 0.573. The number of nitrogens with one attached hydrogen (secondary N) is 1. The molecule has 0 aliphatic heterocycles. The molecule has 3 heteroatoms. The Bertz CT molecular complexity index is 181. The maximum absolute atomic E-state index is 3.51. The second-order valence-corrected chi connectivity index (χ2v) is 6.23. The van der Waals surface area contributed by atoms with Crippen molar-refractivity contribution in [2.24, 2.45) is 5.92 Å². The Balaban J connectivity index is 3.46. The zero-order chi connectivity index (χ0) is 14.0. The van der Waals surface area contributed by atoms with Gasteiger partial charge in [-0.15, -0.1) is 0 Å². The lowest BCUT2D eigenvalue weighted by molar-refractivity contribution is 0.229. The van der Waals surface area contributed by atoms with Gasteiger partial charge in [0.25, 0.3) is 0 Å². The Morgan fingerprint density at radius 3 is 2.17 bits per heavy atom. The lowest BCUT2D eigenvalue weighted by atomic mass is 10.1. The molecule has 0 heterocycles. The molecule has 18 heavy (non-hydrogen) atoms. The molecule has 3 nitrogen and oxygen atoms in total. The summed E-state index contributed by atoms with van der Waals surface area (Å²) < 4.78 is 0. The monoisotopic (exact) mass is 257 g/mol. The summed E-state index contributed by atoms with van der Waals surface area (Å²) in [6.45, 7) is 11.6. The second kappa shape index (κ2) is 10.8. The Labute approximate surface area is 115 Å². The van der Waals surface area contributed by atoms with Crippen LogP contribution in [-0.2, 0) is 0 Å². The Kier molecular flexibility index (Phi) is 10.7. The summed E-state index contributed by atoms with van der Waals surface area (Å²) in [6.07, 6.45) is 3.84. The average Bonchev–Trinajstić information content (AvgIpc) is 2.27. The minimum Gasteiger partial charge on any atom is -0.316 e. The third kappa shape index (κ3) is 11.0. The first-order valence-electron chi connectivity index (χ1n) is 7.49. The summed E-state index contributed by atoms with van der Waals surface area (Å²) in [5, 5.41) is 3.51. The van der Waals surface area contributed by atoms with E-state index in [2.05, 4.69) is 57.0 Å². The summed E-state index contributed by atoms with van der Waals surface area (Å²) in [4.78, 5) is 4.75. The van der Waals surface area contributed by atoms with E-state index >= 15 is 0 Å². The highest BCUT2D eigenvalue weighted by Crippen LogP contribution is 2.04. The van der Waals surface area contributed by atoms with E-state index in [0.29, 0.717) is 6.04 Å². The molecule has 0 fully saturated rings. The molecule has 1 N–H and O–H groups in total. The van der Waals surface area contributed by atoms with Crippen LogP contribution in [0.4, 0.5) is 0 Å². The predicted molar refractivity (Wildman–Crippen MR) is 82.2 cm³/mol. The lowest BCUT2D eigenvalue weighted by Crippen LogP contribution is -2.32. The van der Waals surface area contributed by atoms with E-state index in [9.17, 15) is 0 Å². The molecule has 0 bridgehead atoms. The van der Waals surface area contributed by atoms with Crippen molar-refractivity contribution in [1.29, 1.82) is 0 Å². The second-order valence-electron chi connectivity index (χ2n) is 6.23. The van der Waals surface area contributed by atoms with Crippen molar-refractivity contribution in [2.75, 3.05) is 47.3 Å². The summed E-state index contributed by atoms with van der Waals surface area (Å²) in [6, 6.07) is 0.702. The van der Waals surface area contributed by atoms with E-state index < -0.39 is 0 Å². The van der Waals surface area contributed by atoms with Gasteiger partial charge in [0.1, 0.15) is 0 Å². The third-order valence-electron chi connectivity index (χ3n) is 3.40. The predicted octanol–water partition coefficient (Wildman–Crippen LogP) is 2.28. The van der Waals surface area contributed by atoms with E-state index in [-0.39, 0.29) is 0 Å². The van der Waals surface area contributed by atoms with E-state index in [1.807, 2.05) is 0 Å². The first kappa shape index (κ1) is 17.9. The summed E-state index contributed by atoms with van der Waals surface area (Å²) in [5.41, 5.74) is 0. The molecule has 0 saturated heterocycles. The third-order valence-corrected chi connectivity index (χ3v) is 3.40. The van der Waals surface area contributed by atoms with Crippen molar-refractivity contribution in [3.63, 3.8) is 0 Å². The number of hydrogen-bond acceptors (Lipinski definition) is 3. The van der Waals surface area contributed by atoms with Crippen molar-refractivity contribution in [2.45, 2.75) is 46.1 Å².